The maximum atomic E-state index is 10.8. The normalized spacial score (nSPS) is 10.0. The molecule has 14 heavy (non-hydrogen) atoms. The number of halogens is 2. The van der Waals surface area contributed by atoms with Gasteiger partial charge in [0.1, 0.15) is 0 Å². The Balaban J connectivity index is 3.47. The van der Waals surface area contributed by atoms with Crippen molar-refractivity contribution in [1.82, 2.24) is 0 Å². The molecule has 5 heteroatoms. The van der Waals surface area contributed by atoms with Gasteiger partial charge in [-0.3, -0.25) is 0 Å². The summed E-state index contributed by atoms with van der Waals surface area (Å²) in [5, 5.41) is 9.25. The number of ether oxygens (including phenoxy) is 1. The highest BCUT2D eigenvalue weighted by Gasteiger charge is 2.17. The number of carboxylic acid groups (broad SMARTS) is 1. The topological polar surface area (TPSA) is 46.5 Å². The summed E-state index contributed by atoms with van der Waals surface area (Å²) in [7, 11) is 1.42. The van der Waals surface area contributed by atoms with Crippen LogP contribution in [0.15, 0.2) is 6.07 Å². The standard InChI is InChI=1S/C9H8Cl2O3/c1-4-5(9(12)13)3-6(10)8(14-2)7(4)11/h3H,1-2H3,(H,12,13). The van der Waals surface area contributed by atoms with Gasteiger partial charge in [-0.2, -0.15) is 0 Å². The molecule has 1 rings (SSSR count). The summed E-state index contributed by atoms with van der Waals surface area (Å²) in [6.07, 6.45) is 0. The lowest BCUT2D eigenvalue weighted by Crippen LogP contribution is -2.01. The van der Waals surface area contributed by atoms with Crippen LogP contribution in [-0.2, 0) is 0 Å². The Labute approximate surface area is 91.2 Å². The van der Waals surface area contributed by atoms with Crippen LogP contribution in [0.3, 0.4) is 0 Å². The fourth-order valence-electron chi connectivity index (χ4n) is 1.10. The summed E-state index contributed by atoms with van der Waals surface area (Å²) in [6.45, 7) is 1.60. The Bertz CT molecular complexity index is 388. The summed E-state index contributed by atoms with van der Waals surface area (Å²) in [6, 6.07) is 1.32. The number of benzene rings is 1. The Morgan fingerprint density at radius 3 is 2.50 bits per heavy atom. The van der Waals surface area contributed by atoms with E-state index in [2.05, 4.69) is 0 Å². The van der Waals surface area contributed by atoms with E-state index in [1.54, 1.807) is 6.92 Å². The fourth-order valence-corrected chi connectivity index (χ4v) is 1.71. The van der Waals surface area contributed by atoms with E-state index in [4.69, 9.17) is 33.0 Å². The number of methoxy groups -OCH3 is 1. The highest BCUT2D eigenvalue weighted by atomic mass is 35.5. The van der Waals surface area contributed by atoms with Crippen LogP contribution in [-0.4, -0.2) is 18.2 Å². The quantitative estimate of drug-likeness (QED) is 0.856. The third-order valence-corrected chi connectivity index (χ3v) is 2.59. The number of hydrogen-bond acceptors (Lipinski definition) is 2. The fraction of sp³-hybridized carbons (Fsp3) is 0.222. The lowest BCUT2D eigenvalue weighted by atomic mass is 10.1. The zero-order valence-electron chi connectivity index (χ0n) is 7.60. The Morgan fingerprint density at radius 2 is 2.07 bits per heavy atom. The SMILES string of the molecule is COc1c(Cl)cc(C(=O)O)c(C)c1Cl. The number of carboxylic acids is 1. The predicted octanol–water partition coefficient (Wildman–Crippen LogP) is 3.01. The minimum absolute atomic E-state index is 0.0841. The zero-order chi connectivity index (χ0) is 10.9. The second-order valence-corrected chi connectivity index (χ2v) is 3.47. The first-order valence-electron chi connectivity index (χ1n) is 3.75. The summed E-state index contributed by atoms with van der Waals surface area (Å²) in [5.74, 6) is -0.759. The minimum atomic E-state index is -1.06. The average molecular weight is 235 g/mol. The van der Waals surface area contributed by atoms with Crippen molar-refractivity contribution in [2.45, 2.75) is 6.92 Å². The Kier molecular flexibility index (Phi) is 3.24. The first-order valence-corrected chi connectivity index (χ1v) is 4.50. The van der Waals surface area contributed by atoms with Crippen molar-refractivity contribution in [2.75, 3.05) is 7.11 Å². The molecule has 0 aliphatic heterocycles. The molecule has 1 aromatic carbocycles. The molecule has 0 radical (unpaired) electrons. The van der Waals surface area contributed by atoms with Crippen LogP contribution in [0.1, 0.15) is 15.9 Å². The van der Waals surface area contributed by atoms with Crippen molar-refractivity contribution >= 4 is 29.2 Å². The zero-order valence-corrected chi connectivity index (χ0v) is 9.11. The number of carbonyl (C=O) groups is 1. The molecule has 3 nitrogen and oxygen atoms in total. The molecular weight excluding hydrogens is 227 g/mol. The molecule has 1 N–H and O–H groups in total. The number of aromatic carboxylic acids is 1. The Morgan fingerprint density at radius 1 is 1.50 bits per heavy atom. The number of hydrogen-bond donors (Lipinski definition) is 1. The van der Waals surface area contributed by atoms with E-state index < -0.39 is 5.97 Å². The van der Waals surface area contributed by atoms with Gasteiger partial charge in [0.05, 0.1) is 22.7 Å². The van der Waals surface area contributed by atoms with Crippen molar-refractivity contribution in [3.63, 3.8) is 0 Å². The van der Waals surface area contributed by atoms with Gasteiger partial charge in [0.25, 0.3) is 0 Å². The molecule has 76 valence electrons. The third-order valence-electron chi connectivity index (χ3n) is 1.86. The van der Waals surface area contributed by atoms with Crippen molar-refractivity contribution in [3.8, 4) is 5.75 Å². The van der Waals surface area contributed by atoms with Crippen molar-refractivity contribution < 1.29 is 14.6 Å². The molecule has 0 saturated carbocycles. The van der Waals surface area contributed by atoms with Gasteiger partial charge in [-0.25, -0.2) is 4.79 Å². The molecule has 0 heterocycles. The van der Waals surface area contributed by atoms with Gasteiger partial charge in [0, 0.05) is 0 Å². The maximum Gasteiger partial charge on any atom is 0.336 e. The molecule has 0 saturated heterocycles. The number of rotatable bonds is 2. The molecule has 0 spiro atoms. The smallest absolute Gasteiger partial charge is 0.336 e. The van der Waals surface area contributed by atoms with E-state index in [0.717, 1.165) is 0 Å². The second-order valence-electron chi connectivity index (χ2n) is 2.68. The van der Waals surface area contributed by atoms with Gasteiger partial charge >= 0.3 is 5.97 Å². The van der Waals surface area contributed by atoms with Gasteiger partial charge in [-0.15, -0.1) is 0 Å². The van der Waals surface area contributed by atoms with Crippen LogP contribution in [0.4, 0.5) is 0 Å². The second kappa shape index (κ2) is 4.07. The van der Waals surface area contributed by atoms with E-state index in [-0.39, 0.29) is 15.6 Å². The molecule has 0 fully saturated rings. The van der Waals surface area contributed by atoms with E-state index in [1.807, 2.05) is 0 Å². The summed E-state index contributed by atoms with van der Waals surface area (Å²) >= 11 is 11.7. The molecule has 0 amide bonds. The van der Waals surface area contributed by atoms with Crippen molar-refractivity contribution in [3.05, 3.63) is 27.2 Å². The summed E-state index contributed by atoms with van der Waals surface area (Å²) in [5.41, 5.74) is 0.529. The first kappa shape index (κ1) is 11.1. The van der Waals surface area contributed by atoms with Crippen molar-refractivity contribution in [2.24, 2.45) is 0 Å². The van der Waals surface area contributed by atoms with Gasteiger partial charge in [0.15, 0.2) is 5.75 Å². The molecule has 0 unspecified atom stereocenters. The van der Waals surface area contributed by atoms with Crippen LogP contribution in [0.5, 0.6) is 5.75 Å². The van der Waals surface area contributed by atoms with Gasteiger partial charge in [-0.05, 0) is 18.6 Å². The van der Waals surface area contributed by atoms with E-state index in [1.165, 1.54) is 13.2 Å². The van der Waals surface area contributed by atoms with Crippen LogP contribution in [0.2, 0.25) is 10.0 Å². The molecule has 0 aliphatic carbocycles. The highest BCUT2D eigenvalue weighted by Crippen LogP contribution is 2.37. The van der Waals surface area contributed by atoms with Crippen LogP contribution in [0, 0.1) is 6.92 Å². The monoisotopic (exact) mass is 234 g/mol. The molecule has 0 atom stereocenters. The molecular formula is C9H8Cl2O3. The van der Waals surface area contributed by atoms with E-state index in [0.29, 0.717) is 11.3 Å². The molecule has 1 aromatic rings. The van der Waals surface area contributed by atoms with Crippen LogP contribution < -0.4 is 4.74 Å². The van der Waals surface area contributed by atoms with Crippen LogP contribution in [0.25, 0.3) is 0 Å². The van der Waals surface area contributed by atoms with Crippen LogP contribution >= 0.6 is 23.2 Å². The van der Waals surface area contributed by atoms with Crippen molar-refractivity contribution in [1.29, 1.82) is 0 Å². The molecule has 0 bridgehead atoms. The third kappa shape index (κ3) is 1.79. The maximum absolute atomic E-state index is 10.8. The lowest BCUT2D eigenvalue weighted by molar-refractivity contribution is 0.0696. The molecule has 0 aromatic heterocycles. The summed E-state index contributed by atoms with van der Waals surface area (Å²) in [4.78, 5) is 10.8. The lowest BCUT2D eigenvalue weighted by Gasteiger charge is -2.10. The minimum Gasteiger partial charge on any atom is -0.494 e. The van der Waals surface area contributed by atoms with E-state index >= 15 is 0 Å². The predicted molar refractivity (Wildman–Crippen MR) is 54.7 cm³/mol. The largest absolute Gasteiger partial charge is 0.494 e. The molecule has 0 aliphatic rings. The highest BCUT2D eigenvalue weighted by molar-refractivity contribution is 6.38. The average Bonchev–Trinajstić information content (AvgIpc) is 2.12. The van der Waals surface area contributed by atoms with E-state index in [9.17, 15) is 4.79 Å². The Hall–Kier alpha value is -0.930. The first-order chi connectivity index (χ1) is 6.49. The van der Waals surface area contributed by atoms with Gasteiger partial charge in [0.2, 0.25) is 0 Å². The van der Waals surface area contributed by atoms with Gasteiger partial charge in [-0.1, -0.05) is 23.2 Å². The summed E-state index contributed by atoms with van der Waals surface area (Å²) < 4.78 is 4.93. The van der Waals surface area contributed by atoms with Gasteiger partial charge < -0.3 is 9.84 Å².